The van der Waals surface area contributed by atoms with Gasteiger partial charge in [-0.1, -0.05) is 38.1 Å². The molecule has 3 amide bonds. The summed E-state index contributed by atoms with van der Waals surface area (Å²) in [6, 6.07) is 4.57. The number of carbonyl (C=O) groups is 5. The average Bonchev–Trinajstić information content (AvgIpc) is 2.83. The van der Waals surface area contributed by atoms with Crippen molar-refractivity contribution >= 4 is 46.5 Å². The van der Waals surface area contributed by atoms with Gasteiger partial charge in [-0.15, -0.1) is 11.8 Å². The summed E-state index contributed by atoms with van der Waals surface area (Å²) < 4.78 is 10.7. The van der Waals surface area contributed by atoms with Crippen LogP contribution >= 0.6 is 11.8 Å². The fourth-order valence-electron chi connectivity index (χ4n) is 3.44. The fraction of sp³-hybridized carbons (Fsp3) is 0.586. The number of hydrogen-bond donors (Lipinski definition) is 4. The number of thioether (sulfide) groups is 1. The largest absolute Gasteiger partial charge is 0.460 e. The monoisotopic (exact) mass is 592 g/mol. The minimum Gasteiger partial charge on any atom is -0.460 e. The molecule has 2 atom stereocenters. The average molecular weight is 593 g/mol. The zero-order valence-electron chi connectivity index (χ0n) is 25.4. The smallest absolute Gasteiger partial charge is 0.329 e. The van der Waals surface area contributed by atoms with Crippen LogP contribution in [-0.4, -0.2) is 70.8 Å². The molecular formula is C29H44N4O7S. The topological polar surface area (TPSA) is 164 Å². The van der Waals surface area contributed by atoms with Gasteiger partial charge in [-0.3, -0.25) is 24.6 Å². The number of nitrogens with one attached hydrogen (secondary N) is 4. The highest BCUT2D eigenvalue weighted by Crippen LogP contribution is 2.14. The summed E-state index contributed by atoms with van der Waals surface area (Å²) in [7, 11) is 0. The van der Waals surface area contributed by atoms with E-state index in [1.54, 1.807) is 85.9 Å². The Morgan fingerprint density at radius 1 is 0.878 bits per heavy atom. The van der Waals surface area contributed by atoms with Crippen LogP contribution in [0.15, 0.2) is 24.3 Å². The van der Waals surface area contributed by atoms with Crippen LogP contribution in [0.4, 0.5) is 0 Å². The van der Waals surface area contributed by atoms with Gasteiger partial charge in [-0.05, 0) is 59.3 Å². The van der Waals surface area contributed by atoms with Gasteiger partial charge in [0, 0.05) is 5.56 Å². The van der Waals surface area contributed by atoms with Crippen molar-refractivity contribution < 1.29 is 33.4 Å². The lowest BCUT2D eigenvalue weighted by atomic mass is 10.0. The van der Waals surface area contributed by atoms with Gasteiger partial charge in [-0.2, -0.15) is 0 Å². The number of amides is 3. The molecule has 228 valence electrons. The van der Waals surface area contributed by atoms with Crippen LogP contribution in [0, 0.1) is 11.3 Å². The third kappa shape index (κ3) is 14.2. The van der Waals surface area contributed by atoms with Crippen LogP contribution in [0.1, 0.15) is 72.9 Å². The first-order valence-corrected chi connectivity index (χ1v) is 14.6. The van der Waals surface area contributed by atoms with Crippen LogP contribution in [0.5, 0.6) is 0 Å². The Kier molecular flexibility index (Phi) is 13.5. The number of carbonyl (C=O) groups excluding carboxylic acids is 5. The maximum atomic E-state index is 13.2. The van der Waals surface area contributed by atoms with Crippen LogP contribution in [-0.2, 0) is 39.9 Å². The van der Waals surface area contributed by atoms with E-state index in [1.807, 2.05) is 0 Å². The van der Waals surface area contributed by atoms with Crippen LogP contribution in [0.2, 0.25) is 0 Å². The molecule has 0 aliphatic carbocycles. The summed E-state index contributed by atoms with van der Waals surface area (Å²) in [6.45, 7) is 13.2. The molecule has 11 nitrogen and oxygen atoms in total. The number of ether oxygens (including phenoxy) is 2. The van der Waals surface area contributed by atoms with Gasteiger partial charge in [0.15, 0.2) is 0 Å². The minimum absolute atomic E-state index is 0.00788. The van der Waals surface area contributed by atoms with Gasteiger partial charge < -0.3 is 25.4 Å². The van der Waals surface area contributed by atoms with Gasteiger partial charge in [-0.25, -0.2) is 4.79 Å². The lowest BCUT2D eigenvalue weighted by molar-refractivity contribution is -0.160. The minimum atomic E-state index is -1.36. The highest BCUT2D eigenvalue weighted by atomic mass is 32.2. The molecule has 0 heterocycles. The van der Waals surface area contributed by atoms with Crippen molar-refractivity contribution in [3.8, 4) is 0 Å². The van der Waals surface area contributed by atoms with E-state index in [4.69, 9.17) is 14.9 Å². The quantitative estimate of drug-likeness (QED) is 0.164. The van der Waals surface area contributed by atoms with E-state index in [2.05, 4.69) is 16.0 Å². The molecule has 1 rings (SSSR count). The molecule has 0 unspecified atom stereocenters. The fourth-order valence-corrected chi connectivity index (χ4v) is 3.81. The Bertz CT molecular complexity index is 1110. The lowest BCUT2D eigenvalue weighted by Gasteiger charge is -2.28. The maximum absolute atomic E-state index is 13.2. The molecular weight excluding hydrogens is 548 g/mol. The van der Waals surface area contributed by atoms with E-state index >= 15 is 0 Å². The second-order valence-corrected chi connectivity index (χ2v) is 12.7. The molecule has 0 saturated carbocycles. The van der Waals surface area contributed by atoms with Crippen molar-refractivity contribution in [2.75, 3.05) is 12.8 Å². The zero-order valence-corrected chi connectivity index (χ0v) is 26.2. The van der Waals surface area contributed by atoms with Crippen LogP contribution in [0.3, 0.4) is 0 Å². The maximum Gasteiger partial charge on any atom is 0.329 e. The van der Waals surface area contributed by atoms with Crippen molar-refractivity contribution in [1.29, 1.82) is 5.41 Å². The molecule has 41 heavy (non-hydrogen) atoms. The molecule has 0 bridgehead atoms. The Hall–Kier alpha value is -3.41. The molecule has 0 radical (unpaired) electrons. The van der Waals surface area contributed by atoms with E-state index in [9.17, 15) is 24.0 Å². The summed E-state index contributed by atoms with van der Waals surface area (Å²) in [5.41, 5.74) is -0.163. The van der Waals surface area contributed by atoms with E-state index in [1.165, 1.54) is 11.8 Å². The molecule has 0 saturated heterocycles. The Morgan fingerprint density at radius 2 is 1.44 bits per heavy atom. The van der Waals surface area contributed by atoms with Gasteiger partial charge >= 0.3 is 11.9 Å². The van der Waals surface area contributed by atoms with E-state index in [0.717, 1.165) is 5.56 Å². The van der Waals surface area contributed by atoms with Gasteiger partial charge in [0.2, 0.25) is 17.7 Å². The van der Waals surface area contributed by atoms with Crippen molar-refractivity contribution in [2.45, 2.75) is 91.5 Å². The van der Waals surface area contributed by atoms with Gasteiger partial charge in [0.1, 0.15) is 23.3 Å². The Labute approximate surface area is 246 Å². The van der Waals surface area contributed by atoms with Crippen molar-refractivity contribution in [1.82, 2.24) is 16.0 Å². The Morgan fingerprint density at radius 3 is 1.93 bits per heavy atom. The third-order valence-electron chi connectivity index (χ3n) is 5.30. The standard InChI is InChI=1S/C29H44N4O7S/c1-17(2)24(27(38)40-29(6,7)8)33-26(37)20(15-23(36)39-28(3,4)5)32-22(35)16-31-21(34)14-18-10-12-19(13-11-18)25(30)41-9/h10-13,17,20,24,30H,14-16H2,1-9H3,(H,31,34)(H,32,35)(H,33,37)/t20-,24-/m0/s1. The molecule has 0 aromatic heterocycles. The summed E-state index contributed by atoms with van der Waals surface area (Å²) >= 11 is 1.31. The van der Waals surface area contributed by atoms with E-state index in [0.29, 0.717) is 10.6 Å². The highest BCUT2D eigenvalue weighted by molar-refractivity contribution is 8.13. The highest BCUT2D eigenvalue weighted by Gasteiger charge is 2.33. The molecule has 1 aromatic carbocycles. The predicted octanol–water partition coefficient (Wildman–Crippen LogP) is 2.73. The number of benzene rings is 1. The first-order valence-electron chi connectivity index (χ1n) is 13.3. The first kappa shape index (κ1) is 35.6. The SMILES string of the molecule is CSC(=N)c1ccc(CC(=O)NCC(=O)N[C@@H](CC(=O)OC(C)(C)C)C(=O)N[C@H](C(=O)OC(C)(C)C)C(C)C)cc1. The molecule has 0 fully saturated rings. The second-order valence-electron chi connectivity index (χ2n) is 11.9. The first-order chi connectivity index (χ1) is 18.8. The van der Waals surface area contributed by atoms with Gasteiger partial charge in [0.25, 0.3) is 0 Å². The molecule has 0 aliphatic heterocycles. The van der Waals surface area contributed by atoms with E-state index < -0.39 is 65.9 Å². The summed E-state index contributed by atoms with van der Waals surface area (Å²) in [5, 5.41) is 15.8. The van der Waals surface area contributed by atoms with Crippen molar-refractivity contribution in [2.24, 2.45) is 5.92 Å². The number of hydrogen-bond acceptors (Lipinski definition) is 9. The number of rotatable bonds is 12. The zero-order chi connectivity index (χ0) is 31.5. The summed E-state index contributed by atoms with van der Waals surface area (Å²) in [6.07, 6.45) is 1.33. The molecule has 0 aliphatic rings. The summed E-state index contributed by atoms with van der Waals surface area (Å²) in [5.74, 6) is -3.61. The third-order valence-corrected chi connectivity index (χ3v) is 5.94. The van der Waals surface area contributed by atoms with Crippen LogP contribution < -0.4 is 16.0 Å². The van der Waals surface area contributed by atoms with Crippen molar-refractivity contribution in [3.05, 3.63) is 35.4 Å². The molecule has 12 heteroatoms. The summed E-state index contributed by atoms with van der Waals surface area (Å²) in [4.78, 5) is 63.5. The lowest BCUT2D eigenvalue weighted by Crippen LogP contribution is -2.55. The number of esters is 2. The van der Waals surface area contributed by atoms with E-state index in [-0.39, 0.29) is 12.3 Å². The molecule has 0 spiro atoms. The molecule has 4 N–H and O–H groups in total. The van der Waals surface area contributed by atoms with Crippen LogP contribution in [0.25, 0.3) is 0 Å². The van der Waals surface area contributed by atoms with Crippen molar-refractivity contribution in [3.63, 3.8) is 0 Å². The second kappa shape index (κ2) is 15.6. The normalized spacial score (nSPS) is 13.0. The molecule has 1 aromatic rings. The Balaban J connectivity index is 2.91. The van der Waals surface area contributed by atoms with Gasteiger partial charge in [0.05, 0.1) is 24.4 Å². The predicted molar refractivity (Wildman–Crippen MR) is 159 cm³/mol.